The van der Waals surface area contributed by atoms with Crippen LogP contribution in [-0.2, 0) is 23.7 Å². The maximum Gasteiger partial charge on any atom is 0.552 e. The molecule has 2 rings (SSSR count). The molecule has 1 aromatic rings. The van der Waals surface area contributed by atoms with Crippen LogP contribution >= 0.6 is 15.9 Å². The summed E-state index contributed by atoms with van der Waals surface area (Å²) in [5.41, 5.74) is 0.0334. The molecular weight excluding hydrogens is 466 g/mol. The number of carboxylic acids is 1. The zero-order chi connectivity index (χ0) is 22.4. The summed E-state index contributed by atoms with van der Waals surface area (Å²) in [6, 6.07) is 3.60. The van der Waals surface area contributed by atoms with Crippen molar-refractivity contribution in [2.75, 3.05) is 6.54 Å². The van der Waals surface area contributed by atoms with Crippen LogP contribution in [0.25, 0.3) is 0 Å². The number of hydrogen-bond acceptors (Lipinski definition) is 6. The van der Waals surface area contributed by atoms with E-state index in [9.17, 15) is 23.6 Å². The number of carboxylic acid groups (broad SMARTS) is 1. The van der Waals surface area contributed by atoms with Gasteiger partial charge in [0.2, 0.25) is 5.91 Å². The highest BCUT2D eigenvalue weighted by Gasteiger charge is 2.46. The minimum absolute atomic E-state index is 0.0334. The number of benzene rings is 1. The molecule has 30 heavy (non-hydrogen) atoms. The topological polar surface area (TPSA) is 131 Å². The fraction of sp³-hybridized carbons (Fsp3) is 0.444. The summed E-state index contributed by atoms with van der Waals surface area (Å²) in [5.74, 6) is -4.50. The predicted molar refractivity (Wildman–Crippen MR) is 107 cm³/mol. The Hall–Kier alpha value is -2.47. The lowest BCUT2D eigenvalue weighted by Crippen LogP contribution is -2.50. The largest absolute Gasteiger partial charge is 0.552 e. The number of nitrogens with one attached hydrogen (secondary N) is 2. The summed E-state index contributed by atoms with van der Waals surface area (Å²) < 4.78 is 24.2. The average molecular weight is 487 g/mol. The van der Waals surface area contributed by atoms with Crippen molar-refractivity contribution >= 4 is 46.8 Å². The summed E-state index contributed by atoms with van der Waals surface area (Å²) in [4.78, 5) is 47.1. The Kier molecular flexibility index (Phi) is 8.36. The summed E-state index contributed by atoms with van der Waals surface area (Å²) in [7, 11) is -1.14. The van der Waals surface area contributed by atoms with E-state index in [1.807, 2.05) is 13.8 Å². The number of amides is 2. The molecule has 1 fully saturated rings. The summed E-state index contributed by atoms with van der Waals surface area (Å²) in [6.07, 6.45) is -1.41. The van der Waals surface area contributed by atoms with Gasteiger partial charge in [-0.25, -0.2) is 4.39 Å². The molecule has 0 bridgehead atoms. The molecule has 0 saturated carbocycles. The third kappa shape index (κ3) is 6.80. The first kappa shape index (κ1) is 23.8. The van der Waals surface area contributed by atoms with Gasteiger partial charge in [-0.3, -0.25) is 19.2 Å². The second kappa shape index (κ2) is 10.5. The van der Waals surface area contributed by atoms with Gasteiger partial charge in [0.15, 0.2) is 6.10 Å². The minimum atomic E-state index is -1.25. The lowest BCUT2D eigenvalue weighted by molar-refractivity contribution is -0.145. The van der Waals surface area contributed by atoms with Crippen LogP contribution in [0, 0.1) is 11.7 Å². The van der Waals surface area contributed by atoms with Gasteiger partial charge >= 0.3 is 19.1 Å². The molecule has 0 unspecified atom stereocenters. The highest BCUT2D eigenvalue weighted by atomic mass is 79.9. The van der Waals surface area contributed by atoms with E-state index in [-0.39, 0.29) is 11.5 Å². The first-order valence-electron chi connectivity index (χ1n) is 9.17. The van der Waals surface area contributed by atoms with E-state index in [4.69, 9.17) is 14.4 Å². The molecule has 0 aliphatic carbocycles. The Labute approximate surface area is 180 Å². The fourth-order valence-corrected chi connectivity index (χ4v) is 3.26. The van der Waals surface area contributed by atoms with Gasteiger partial charge in [0.05, 0.1) is 24.5 Å². The number of aliphatic carboxylic acids is 1. The first-order valence-corrected chi connectivity index (χ1v) is 9.96. The fourth-order valence-electron chi connectivity index (χ4n) is 2.83. The molecule has 3 N–H and O–H groups in total. The van der Waals surface area contributed by atoms with Crippen molar-refractivity contribution < 1.29 is 38.0 Å². The number of halogens is 2. The third-order valence-corrected chi connectivity index (χ3v) is 4.83. The van der Waals surface area contributed by atoms with Gasteiger partial charge in [0.25, 0.3) is 5.91 Å². The molecular formula is C18H21BBrFN2O7. The smallest absolute Gasteiger partial charge is 0.506 e. The summed E-state index contributed by atoms with van der Waals surface area (Å²) in [5, 5.41) is 13.8. The zero-order valence-corrected chi connectivity index (χ0v) is 17.9. The summed E-state index contributed by atoms with van der Waals surface area (Å²) in [6.45, 7) is 3.36. The molecule has 2 atom stereocenters. The standard InChI is InChI=1S/C18H21BBrFN2O7/c1-9(2)5-14(19-29-13(7-16(25)26)18(28)30-19)23-15(24)8-22-17(27)11-6-10(21)3-4-12(11)20/h3-4,6,9,13-14H,5,7-8H2,1-2H3,(H,22,27)(H,23,24)(H,25,26)/t13-,14-/m0/s1. The molecule has 0 spiro atoms. The molecule has 0 radical (unpaired) electrons. The lowest BCUT2D eigenvalue weighted by Gasteiger charge is -2.21. The van der Waals surface area contributed by atoms with Crippen LogP contribution in [0.2, 0.25) is 0 Å². The zero-order valence-electron chi connectivity index (χ0n) is 16.3. The van der Waals surface area contributed by atoms with Crippen LogP contribution in [0.4, 0.5) is 4.39 Å². The maximum absolute atomic E-state index is 13.3. The monoisotopic (exact) mass is 486 g/mol. The molecule has 1 aliphatic heterocycles. The van der Waals surface area contributed by atoms with Crippen molar-refractivity contribution in [2.45, 2.75) is 38.7 Å². The second-order valence-electron chi connectivity index (χ2n) is 7.14. The molecule has 12 heteroatoms. The molecule has 2 amide bonds. The minimum Gasteiger partial charge on any atom is -0.506 e. The molecule has 1 aliphatic rings. The third-order valence-electron chi connectivity index (χ3n) is 4.14. The number of rotatable bonds is 9. The summed E-state index contributed by atoms with van der Waals surface area (Å²) >= 11 is 3.14. The second-order valence-corrected chi connectivity index (χ2v) is 7.99. The van der Waals surface area contributed by atoms with Crippen LogP contribution in [0.15, 0.2) is 22.7 Å². The maximum atomic E-state index is 13.3. The molecule has 162 valence electrons. The van der Waals surface area contributed by atoms with E-state index in [0.29, 0.717) is 10.9 Å². The van der Waals surface area contributed by atoms with Gasteiger partial charge in [-0.15, -0.1) is 0 Å². The van der Waals surface area contributed by atoms with Gasteiger partial charge in [0.1, 0.15) is 5.82 Å². The molecule has 1 aromatic carbocycles. The number of hydrogen-bond donors (Lipinski definition) is 3. The first-order chi connectivity index (χ1) is 14.1. The van der Waals surface area contributed by atoms with Gasteiger partial charge < -0.3 is 25.0 Å². The van der Waals surface area contributed by atoms with Gasteiger partial charge in [0, 0.05) is 4.47 Å². The van der Waals surface area contributed by atoms with E-state index in [2.05, 4.69) is 26.6 Å². The van der Waals surface area contributed by atoms with E-state index >= 15 is 0 Å². The Morgan fingerprint density at radius 2 is 2.03 bits per heavy atom. The van der Waals surface area contributed by atoms with Crippen molar-refractivity contribution in [2.24, 2.45) is 5.92 Å². The highest BCUT2D eigenvalue weighted by Crippen LogP contribution is 2.20. The van der Waals surface area contributed by atoms with Gasteiger partial charge in [-0.1, -0.05) is 13.8 Å². The Balaban J connectivity index is 1.97. The van der Waals surface area contributed by atoms with Crippen LogP contribution < -0.4 is 10.6 Å². The molecule has 0 aromatic heterocycles. The SMILES string of the molecule is CC(C)C[C@H](NC(=O)CNC(=O)c1cc(F)ccc1Br)B1OC(=O)[C@H](CC(=O)O)O1. The Morgan fingerprint density at radius 1 is 1.33 bits per heavy atom. The van der Waals surface area contributed by atoms with Crippen molar-refractivity contribution in [1.82, 2.24) is 10.6 Å². The number of carbonyl (C=O) groups is 4. The average Bonchev–Trinajstić information content (AvgIpc) is 3.00. The Morgan fingerprint density at radius 3 is 2.67 bits per heavy atom. The van der Waals surface area contributed by atoms with E-state index < -0.39 is 61.7 Å². The normalized spacial score (nSPS) is 16.9. The van der Waals surface area contributed by atoms with E-state index in [0.717, 1.165) is 6.07 Å². The molecule has 1 saturated heterocycles. The Bertz CT molecular complexity index is 839. The van der Waals surface area contributed by atoms with Crippen LogP contribution in [-0.4, -0.2) is 54.6 Å². The lowest BCUT2D eigenvalue weighted by atomic mass is 9.74. The number of carbonyl (C=O) groups excluding carboxylic acids is 3. The van der Waals surface area contributed by atoms with Crippen LogP contribution in [0.3, 0.4) is 0 Å². The van der Waals surface area contributed by atoms with E-state index in [1.165, 1.54) is 12.1 Å². The van der Waals surface area contributed by atoms with Crippen LogP contribution in [0.1, 0.15) is 37.0 Å². The van der Waals surface area contributed by atoms with Gasteiger partial charge in [-0.05, 0) is 46.5 Å². The molecule has 9 nitrogen and oxygen atoms in total. The quantitative estimate of drug-likeness (QED) is 0.448. The van der Waals surface area contributed by atoms with Crippen molar-refractivity contribution in [3.8, 4) is 0 Å². The molecule has 1 heterocycles. The van der Waals surface area contributed by atoms with Crippen molar-refractivity contribution in [1.29, 1.82) is 0 Å². The highest BCUT2D eigenvalue weighted by molar-refractivity contribution is 9.10. The van der Waals surface area contributed by atoms with Gasteiger partial charge in [-0.2, -0.15) is 0 Å². The van der Waals surface area contributed by atoms with Crippen molar-refractivity contribution in [3.63, 3.8) is 0 Å². The van der Waals surface area contributed by atoms with Crippen molar-refractivity contribution in [3.05, 3.63) is 34.1 Å². The predicted octanol–water partition coefficient (Wildman–Crippen LogP) is 1.29. The van der Waals surface area contributed by atoms with E-state index in [1.54, 1.807) is 0 Å². The van der Waals surface area contributed by atoms with Crippen LogP contribution in [0.5, 0.6) is 0 Å².